The average molecular weight is 1400 g/mol. The van der Waals surface area contributed by atoms with E-state index in [1.165, 1.54) is 0 Å². The van der Waals surface area contributed by atoms with Gasteiger partial charge in [-0.05, 0) is 155 Å². The molecule has 12 nitrogen and oxygen atoms in total. The molecular weight excluding hydrogens is 1340 g/mol. The number of fused-ring (bicyclic) bond motifs is 16. The Morgan fingerprint density at radius 2 is 0.314 bits per heavy atom. The summed E-state index contributed by atoms with van der Waals surface area (Å²) in [4.78, 5) is 54.4. The zero-order chi connectivity index (χ0) is 70.9. The average Bonchev–Trinajstić information content (AvgIpc) is 1.63. The van der Waals surface area contributed by atoms with Crippen LogP contribution in [0.2, 0.25) is 0 Å². The minimum absolute atomic E-state index is 0. The zero-order valence-corrected chi connectivity index (χ0v) is 58.3. The molecule has 4 aliphatic heterocycles. The Bertz CT molecular complexity index is 4950. The number of hydrogen-bond acceptors (Lipinski definition) is 8. The van der Waals surface area contributed by atoms with Gasteiger partial charge in [0.25, 0.3) is 0 Å². The maximum Gasteiger partial charge on any atom is 2.00 e. The third kappa shape index (κ3) is 14.8. The Morgan fingerprint density at radius 1 is 0.210 bits per heavy atom. The van der Waals surface area contributed by atoms with Crippen molar-refractivity contribution in [2.45, 2.75) is 13.8 Å². The van der Waals surface area contributed by atoms with E-state index in [9.17, 15) is 0 Å². The number of rotatable bonds is 8. The van der Waals surface area contributed by atoms with Crippen LogP contribution in [0.4, 0.5) is 0 Å². The minimum Gasteiger partial charge on any atom is -0.550 e. The van der Waals surface area contributed by atoms with Crippen molar-refractivity contribution in [3.8, 4) is 89.0 Å². The van der Waals surface area contributed by atoms with Crippen LogP contribution in [-0.4, -0.2) is 51.8 Å². The first-order valence-electron chi connectivity index (χ1n) is 34.2. The van der Waals surface area contributed by atoms with E-state index in [-0.39, 0.29) is 17.1 Å². The summed E-state index contributed by atoms with van der Waals surface area (Å²) in [7, 11) is 0. The van der Waals surface area contributed by atoms with Gasteiger partial charge in [-0.25, -0.2) is 19.9 Å². The van der Waals surface area contributed by atoms with Gasteiger partial charge in [0.15, 0.2) is 0 Å². The van der Waals surface area contributed by atoms with Crippen molar-refractivity contribution in [1.82, 2.24) is 39.9 Å². The van der Waals surface area contributed by atoms with E-state index in [4.69, 9.17) is 39.7 Å². The Morgan fingerprint density at radius 3 is 0.419 bits per heavy atom. The van der Waals surface area contributed by atoms with Crippen LogP contribution in [-0.2, 0) is 26.7 Å². The molecule has 10 heterocycles. The fraction of sp³-hybridized carbons (Fsp3) is 0.0217. The quantitative estimate of drug-likeness (QED) is 0.108. The standard InChI is InChI=1S/2C44H30N4.2C2H4O2.Mn/c2*1-5-13-29(14-6-1)41-33-21-23-35(45-33)42(30-15-7-2-8-16-30)37-25-27-39(47-37)44(32-19-11-4-12-20-32)40-28-26-38(48-40)43(31-17-9-3-10-18-31)36-24-22-34(41)46-36;2*1-2(3)4;/h2*1-28,45,48H;2*1H3,(H,3,4);/q;;;;+2/p-2. The van der Waals surface area contributed by atoms with Crippen molar-refractivity contribution in [2.24, 2.45) is 0 Å². The first-order valence-corrected chi connectivity index (χ1v) is 34.2. The molecule has 505 valence electrons. The maximum absolute atomic E-state index is 8.89. The summed E-state index contributed by atoms with van der Waals surface area (Å²) in [6, 6.07) is 101. The summed E-state index contributed by atoms with van der Waals surface area (Å²) in [5.41, 5.74) is 32.3. The Hall–Kier alpha value is -13.6. The van der Waals surface area contributed by atoms with Gasteiger partial charge in [0.2, 0.25) is 0 Å². The van der Waals surface area contributed by atoms with Gasteiger partial charge in [0.1, 0.15) is 0 Å². The summed E-state index contributed by atoms with van der Waals surface area (Å²) in [5.74, 6) is -2.17. The Balaban J connectivity index is 0.000000159. The van der Waals surface area contributed by atoms with Crippen LogP contribution in [0, 0.1) is 0 Å². The fourth-order valence-electron chi connectivity index (χ4n) is 13.7. The number of nitrogens with zero attached hydrogens (tertiary/aromatic N) is 4. The van der Waals surface area contributed by atoms with Crippen LogP contribution in [0.3, 0.4) is 0 Å². The van der Waals surface area contributed by atoms with Crippen molar-refractivity contribution in [3.05, 3.63) is 337 Å². The van der Waals surface area contributed by atoms with E-state index in [1.54, 1.807) is 0 Å². The molecule has 0 unspecified atom stereocenters. The van der Waals surface area contributed by atoms with E-state index in [2.05, 4.69) is 311 Å². The predicted molar refractivity (Wildman–Crippen MR) is 423 cm³/mol. The number of nitrogens with one attached hydrogen (secondary N) is 4. The number of H-pyrrole nitrogens is 4. The van der Waals surface area contributed by atoms with Crippen LogP contribution in [0.1, 0.15) is 59.4 Å². The van der Waals surface area contributed by atoms with Crippen molar-refractivity contribution in [2.75, 3.05) is 0 Å². The molecule has 4 aliphatic rings. The van der Waals surface area contributed by atoms with Gasteiger partial charge in [0.05, 0.1) is 45.6 Å². The molecule has 0 spiro atoms. The van der Waals surface area contributed by atoms with Gasteiger partial charge in [0, 0.05) is 101 Å². The minimum atomic E-state index is -1.08. The van der Waals surface area contributed by atoms with Crippen LogP contribution in [0.25, 0.3) is 182 Å². The first kappa shape index (κ1) is 68.5. The zero-order valence-electron chi connectivity index (χ0n) is 57.1. The SMILES string of the molecule is C1=Cc2nc1c(-c1ccccc1)c1ccc([nH]1)c(-c1ccccc1)c1nc(c(-c3ccccc3)c3ccc([nH]3)c2-c2ccccc2)C=C1.C1=Cc2nc1c(-c1ccccc1)c1ccc([nH]1)c(-c1ccccc1)c1nc(c(-c3ccccc3)c3ccc([nH]3)c2-c2ccccc2)C=C1.CC(=O)[O-].CC(=O)[O-].[Mn+2]. The molecule has 0 fully saturated rings. The molecule has 105 heavy (non-hydrogen) atoms. The van der Waals surface area contributed by atoms with Gasteiger partial charge in [-0.3, -0.25) is 0 Å². The normalized spacial score (nSPS) is 11.4. The second-order valence-electron chi connectivity index (χ2n) is 24.9. The molecule has 1 radical (unpaired) electrons. The second kappa shape index (κ2) is 31.1. The number of carboxylic acids is 2. The number of aliphatic carboxylic acids is 2. The molecule has 0 aliphatic carbocycles. The number of carbonyl (C=O) groups is 2. The number of hydrogen-bond donors (Lipinski definition) is 4. The first-order chi connectivity index (χ1) is 51.1. The molecule has 13 heteroatoms. The molecule has 6 aromatic heterocycles. The van der Waals surface area contributed by atoms with Crippen molar-refractivity contribution < 1.29 is 36.9 Å². The van der Waals surface area contributed by atoms with Gasteiger partial charge in [-0.1, -0.05) is 243 Å². The van der Waals surface area contributed by atoms with Crippen molar-refractivity contribution in [1.29, 1.82) is 0 Å². The number of aromatic amines is 4. The molecular formula is C92H66MnN8O4. The van der Waals surface area contributed by atoms with Crippen LogP contribution in [0.15, 0.2) is 291 Å². The van der Waals surface area contributed by atoms with Crippen LogP contribution >= 0.6 is 0 Å². The Kier molecular flexibility index (Phi) is 20.3. The second-order valence-corrected chi connectivity index (χ2v) is 24.9. The van der Waals surface area contributed by atoms with E-state index < -0.39 is 11.9 Å². The van der Waals surface area contributed by atoms with E-state index >= 15 is 0 Å². The fourth-order valence-corrected chi connectivity index (χ4v) is 13.7. The number of aromatic nitrogens is 8. The molecule has 16 bridgehead atoms. The van der Waals surface area contributed by atoms with Crippen LogP contribution in [0.5, 0.6) is 0 Å². The summed E-state index contributed by atoms with van der Waals surface area (Å²) >= 11 is 0. The summed E-state index contributed by atoms with van der Waals surface area (Å²) in [5, 5.41) is 17.8. The molecule has 0 saturated carbocycles. The molecule has 4 N–H and O–H groups in total. The van der Waals surface area contributed by atoms with E-state index in [1.807, 2.05) is 48.5 Å². The number of benzene rings is 8. The van der Waals surface area contributed by atoms with Gasteiger partial charge >= 0.3 is 17.1 Å². The summed E-state index contributed by atoms with van der Waals surface area (Å²) in [6.07, 6.45) is 17.1. The summed E-state index contributed by atoms with van der Waals surface area (Å²) < 4.78 is 0. The molecule has 0 amide bonds. The van der Waals surface area contributed by atoms with Crippen LogP contribution < -0.4 is 10.2 Å². The van der Waals surface area contributed by atoms with E-state index in [0.29, 0.717) is 0 Å². The molecule has 18 rings (SSSR count). The number of carbonyl (C=O) groups excluding carboxylic acids is 2. The monoisotopic (exact) mass is 1400 g/mol. The van der Waals surface area contributed by atoms with Gasteiger partial charge in [-0.2, -0.15) is 0 Å². The molecule has 8 aromatic carbocycles. The van der Waals surface area contributed by atoms with Crippen molar-refractivity contribution >= 4 is 105 Å². The predicted octanol–water partition coefficient (Wildman–Crippen LogP) is 20.2. The molecule has 14 aromatic rings. The van der Waals surface area contributed by atoms with E-state index in [0.717, 1.165) is 193 Å². The third-order valence-corrected chi connectivity index (χ3v) is 18.0. The number of carboxylic acid groups (broad SMARTS) is 2. The largest absolute Gasteiger partial charge is 2.00 e. The summed E-state index contributed by atoms with van der Waals surface area (Å²) in [6.45, 7) is 1.94. The molecule has 0 atom stereocenters. The smallest absolute Gasteiger partial charge is 0.550 e. The van der Waals surface area contributed by atoms with Crippen molar-refractivity contribution in [3.63, 3.8) is 0 Å². The van der Waals surface area contributed by atoms with Gasteiger partial charge in [-0.15, -0.1) is 0 Å². The topological polar surface area (TPSA) is 195 Å². The molecule has 0 saturated heterocycles. The Labute approximate surface area is 617 Å². The third-order valence-electron chi connectivity index (χ3n) is 18.0. The maximum atomic E-state index is 8.89. The van der Waals surface area contributed by atoms with Gasteiger partial charge < -0.3 is 39.7 Å².